The molecule has 4 rings (SSSR count). The summed E-state index contributed by atoms with van der Waals surface area (Å²) in [5.41, 5.74) is 6.15. The molecule has 0 saturated carbocycles. The van der Waals surface area contributed by atoms with Gasteiger partial charge in [-0.3, -0.25) is 28.6 Å². The number of amides is 6. The Morgan fingerprint density at radius 1 is 1.12 bits per heavy atom. The highest BCUT2D eigenvalue weighted by molar-refractivity contribution is 8.02. The third-order valence-electron chi connectivity index (χ3n) is 6.81. The van der Waals surface area contributed by atoms with Gasteiger partial charge in [-0.15, -0.1) is 0 Å². The number of rotatable bonds is 11. The van der Waals surface area contributed by atoms with Gasteiger partial charge >= 0.3 is 30.0 Å². The number of aliphatic carboxylic acids is 1. The number of nitrogens with two attached hydrogens (primary N) is 1. The fourth-order valence-corrected chi connectivity index (χ4v) is 7.72. The lowest BCUT2D eigenvalue weighted by Gasteiger charge is -2.41. The Morgan fingerprint density at radius 3 is 2.31 bits per heavy atom. The number of urea groups is 2. The molecule has 0 aliphatic carbocycles. The maximum Gasteiger partial charge on any atom is 0.342 e. The average Bonchev–Trinajstić information content (AvgIpc) is 3.51. The van der Waals surface area contributed by atoms with Gasteiger partial charge in [-0.1, -0.05) is 23.4 Å². The molecule has 48 heavy (non-hydrogen) atoms. The van der Waals surface area contributed by atoms with Crippen LogP contribution in [-0.2, 0) is 34.1 Å². The summed E-state index contributed by atoms with van der Waals surface area (Å²) in [6.07, 6.45) is 2.04. The number of carboxylic acids is 1. The number of fused-ring (bicyclic) bond motifs is 1. The molecule has 3 aliphatic rings. The first kappa shape index (κ1) is 35.8. The summed E-state index contributed by atoms with van der Waals surface area (Å²) in [5.74, 6) is -6.52. The van der Waals surface area contributed by atoms with Crippen LogP contribution in [0.3, 0.4) is 0 Å². The number of nitrogens with zero attached hydrogens (tertiary/aromatic N) is 5. The van der Waals surface area contributed by atoms with Crippen molar-refractivity contribution < 1.29 is 61.1 Å². The lowest BCUT2D eigenvalue weighted by molar-refractivity contribution is -0.151. The fourth-order valence-electron chi connectivity index (χ4n) is 4.91. The predicted octanol–water partition coefficient (Wildman–Crippen LogP) is -1.32. The first-order chi connectivity index (χ1) is 22.4. The Balaban J connectivity index is 1.56. The van der Waals surface area contributed by atoms with Crippen molar-refractivity contribution in [3.05, 3.63) is 22.7 Å². The van der Waals surface area contributed by atoms with Crippen LogP contribution in [0.2, 0.25) is 5.02 Å². The lowest BCUT2D eigenvalue weighted by atomic mass is 10.0. The summed E-state index contributed by atoms with van der Waals surface area (Å²) in [6.45, 7) is 1.28. The van der Waals surface area contributed by atoms with Crippen molar-refractivity contribution >= 4 is 87.7 Å². The molecule has 6 N–H and O–H groups in total. The number of carbonyl (C=O) groups excluding carboxylic acids is 6. The van der Waals surface area contributed by atoms with Crippen LogP contribution < -0.4 is 25.9 Å². The minimum atomic E-state index is -5.35. The zero-order valence-electron chi connectivity index (χ0n) is 24.6. The van der Waals surface area contributed by atoms with Crippen molar-refractivity contribution in [2.75, 3.05) is 19.6 Å². The van der Waals surface area contributed by atoms with Gasteiger partial charge in [-0.25, -0.2) is 24.8 Å². The first-order valence-electron chi connectivity index (χ1n) is 13.3. The van der Waals surface area contributed by atoms with Gasteiger partial charge in [0.2, 0.25) is 16.7 Å². The van der Waals surface area contributed by atoms with E-state index >= 15 is 0 Å². The monoisotopic (exact) mass is 732 g/mol. The molecule has 3 fully saturated rings. The molecule has 3 saturated heterocycles. The summed E-state index contributed by atoms with van der Waals surface area (Å²) >= 11 is 6.82. The molecule has 258 valence electrons. The van der Waals surface area contributed by atoms with E-state index in [0.717, 1.165) is 53.2 Å². The highest BCUT2D eigenvalue weighted by Gasteiger charge is 2.66. The number of β-lactam (4-membered cyclic amide) rings is 1. The maximum atomic E-state index is 13.4. The largest absolute Gasteiger partial charge is 0.479 e. The van der Waals surface area contributed by atoms with Crippen molar-refractivity contribution in [1.29, 1.82) is 0 Å². The van der Waals surface area contributed by atoms with E-state index in [1.54, 1.807) is 0 Å². The second-order valence-corrected chi connectivity index (χ2v) is 13.3. The smallest absolute Gasteiger partial charge is 0.342 e. The number of nitrogens with one attached hydrogen (secondary N) is 2. The SMILES string of the molecule is CC(=O)Oc1cc(Cl)c(C(C(=O)N[C@@H]2C(=O)N3C[C@@](C(=O)O)(N4CCN(/N=C/C=N/NC(N)=O)C4=O)S[C@H]23)S(=O)(=O)O)cc1OC(C)=O. The number of benzene rings is 1. The van der Waals surface area contributed by atoms with E-state index in [2.05, 4.69) is 15.5 Å². The zero-order valence-corrected chi connectivity index (χ0v) is 26.9. The van der Waals surface area contributed by atoms with Gasteiger partial charge in [0.1, 0.15) is 11.4 Å². The van der Waals surface area contributed by atoms with Crippen LogP contribution >= 0.6 is 23.4 Å². The molecule has 0 aromatic heterocycles. The van der Waals surface area contributed by atoms with Gasteiger partial charge in [0.15, 0.2) is 16.7 Å². The third-order valence-corrected chi connectivity index (χ3v) is 9.88. The van der Waals surface area contributed by atoms with E-state index in [4.69, 9.17) is 26.8 Å². The molecule has 1 aromatic carbocycles. The molecule has 4 atom stereocenters. The van der Waals surface area contributed by atoms with Crippen LogP contribution in [0.4, 0.5) is 9.59 Å². The predicted molar refractivity (Wildman–Crippen MR) is 162 cm³/mol. The van der Waals surface area contributed by atoms with Crippen molar-refractivity contribution in [2.45, 2.75) is 35.4 Å². The number of primary amides is 1. The van der Waals surface area contributed by atoms with Crippen molar-refractivity contribution in [3.63, 3.8) is 0 Å². The van der Waals surface area contributed by atoms with Gasteiger partial charge < -0.3 is 30.5 Å². The van der Waals surface area contributed by atoms with Gasteiger partial charge in [0.25, 0.3) is 10.1 Å². The van der Waals surface area contributed by atoms with Gasteiger partial charge in [-0.2, -0.15) is 18.6 Å². The first-order valence-corrected chi connectivity index (χ1v) is 16.0. The zero-order chi connectivity index (χ0) is 35.7. The van der Waals surface area contributed by atoms with Crippen molar-refractivity contribution in [3.8, 4) is 11.5 Å². The number of hydrazone groups is 2. The number of thioether (sulfide) groups is 1. The number of halogens is 1. The molecule has 1 unspecified atom stereocenters. The quantitative estimate of drug-likeness (QED) is 0.0440. The van der Waals surface area contributed by atoms with Crippen LogP contribution in [0, 0.1) is 0 Å². The van der Waals surface area contributed by atoms with Crippen LogP contribution in [0.25, 0.3) is 0 Å². The highest BCUT2D eigenvalue weighted by atomic mass is 35.5. The van der Waals surface area contributed by atoms with Crippen molar-refractivity contribution in [2.24, 2.45) is 15.9 Å². The summed E-state index contributed by atoms with van der Waals surface area (Å²) in [6, 6.07) is -1.66. The fraction of sp³-hybridized carbons (Fsp3) is 0.375. The minimum Gasteiger partial charge on any atom is -0.479 e. The molecule has 24 heteroatoms. The number of esters is 2. The van der Waals surface area contributed by atoms with Crippen LogP contribution in [0.5, 0.6) is 11.5 Å². The minimum absolute atomic E-state index is 0.0663. The van der Waals surface area contributed by atoms with Crippen LogP contribution in [0.15, 0.2) is 22.3 Å². The Labute approximate surface area is 279 Å². The van der Waals surface area contributed by atoms with E-state index in [1.807, 2.05) is 5.43 Å². The maximum absolute atomic E-state index is 13.4. The molecule has 0 radical (unpaired) electrons. The van der Waals surface area contributed by atoms with E-state index in [9.17, 15) is 51.6 Å². The second kappa shape index (κ2) is 13.6. The van der Waals surface area contributed by atoms with Gasteiger partial charge in [-0.05, 0) is 6.07 Å². The van der Waals surface area contributed by atoms with Crippen molar-refractivity contribution in [1.82, 2.24) is 25.6 Å². The topological polar surface area (TPSA) is 297 Å². The molecule has 1 aromatic rings. The third kappa shape index (κ3) is 7.12. The van der Waals surface area contributed by atoms with Gasteiger partial charge in [0, 0.05) is 37.0 Å². The Kier molecular flexibility index (Phi) is 10.2. The molecule has 6 amide bonds. The molecular formula is C24H25ClN8O13S2. The summed E-state index contributed by atoms with van der Waals surface area (Å²) in [7, 11) is -5.35. The Bertz CT molecular complexity index is 1770. The molecule has 0 spiro atoms. The molecule has 3 aliphatic heterocycles. The molecule has 0 bridgehead atoms. The van der Waals surface area contributed by atoms with Crippen LogP contribution in [0.1, 0.15) is 24.7 Å². The number of carboxylic acid groups (broad SMARTS) is 1. The summed E-state index contributed by atoms with van der Waals surface area (Å²) < 4.78 is 44.8. The normalized spacial score (nSPS) is 22.8. The lowest BCUT2D eigenvalue weighted by Crippen LogP contribution is -2.68. The standard InChI is InChI=1S/C24H25ClN8O13S2/c1-10(34)45-14-7-12(13(25)8-15(14)46-11(2)35)17(48(42,43)44)18(36)29-16-19(37)31-9-24(21(38)39,47-20(16)31)32-5-6-33(23(32)41)28-4-3-27-30-22(26)40/h3-4,7-8,16-17,20H,5-6,9H2,1-2H3,(H,29,36)(H,38,39)(H3,26,30,40)(H,42,43,44)/b27-3+,28-4+/t16-,17?,20-,24-/m1/s1. The Hall–Kier alpha value is -5.00. The van der Waals surface area contributed by atoms with Gasteiger partial charge in [0.05, 0.1) is 25.5 Å². The molecular weight excluding hydrogens is 708 g/mol. The molecule has 21 nitrogen and oxygen atoms in total. The number of hydrogen-bond acceptors (Lipinski definition) is 14. The van der Waals surface area contributed by atoms with E-state index in [1.165, 1.54) is 0 Å². The summed E-state index contributed by atoms with van der Waals surface area (Å²) in [5, 5.41) is 16.5. The van der Waals surface area contributed by atoms with E-state index in [-0.39, 0.29) is 13.1 Å². The van der Waals surface area contributed by atoms with Crippen LogP contribution in [-0.4, -0.2) is 123 Å². The summed E-state index contributed by atoms with van der Waals surface area (Å²) in [4.78, 5) is 85.9. The number of hydrogen-bond donors (Lipinski definition) is 5. The van der Waals surface area contributed by atoms with E-state index < -0.39 is 102 Å². The molecule has 3 heterocycles. The van der Waals surface area contributed by atoms with E-state index in [0.29, 0.717) is 11.8 Å². The number of ether oxygens (including phenoxy) is 2. The number of carbonyl (C=O) groups is 7. The highest BCUT2D eigenvalue weighted by Crippen LogP contribution is 2.50. The second-order valence-electron chi connectivity index (χ2n) is 10.0. The average molecular weight is 733 g/mol. The Morgan fingerprint density at radius 2 is 1.75 bits per heavy atom.